The van der Waals surface area contributed by atoms with Crippen LogP contribution in [0.1, 0.15) is 27.0 Å². The van der Waals surface area contributed by atoms with Crippen LogP contribution in [0.15, 0.2) is 42.5 Å². The summed E-state index contributed by atoms with van der Waals surface area (Å²) < 4.78 is 11.7. The van der Waals surface area contributed by atoms with Crippen molar-refractivity contribution in [1.82, 2.24) is 0 Å². The van der Waals surface area contributed by atoms with E-state index < -0.39 is 11.9 Å². The SMILES string of the molecule is Cc1ccc(C23Oc4ccc(C)cc4C(=O)C2O3)cc1. The number of carbonyl (C=O) groups excluding carboxylic acids is 1. The summed E-state index contributed by atoms with van der Waals surface area (Å²) in [4.78, 5) is 12.5. The quantitative estimate of drug-likeness (QED) is 0.744. The van der Waals surface area contributed by atoms with Crippen molar-refractivity contribution in [2.75, 3.05) is 0 Å². The van der Waals surface area contributed by atoms with Gasteiger partial charge in [0.15, 0.2) is 6.10 Å². The topological polar surface area (TPSA) is 38.8 Å². The highest BCUT2D eigenvalue weighted by molar-refractivity contribution is 6.05. The Balaban J connectivity index is 1.80. The second kappa shape index (κ2) is 3.70. The van der Waals surface area contributed by atoms with Gasteiger partial charge in [-0.3, -0.25) is 4.79 Å². The Hall–Kier alpha value is -2.13. The molecule has 2 heterocycles. The molecule has 1 saturated heterocycles. The van der Waals surface area contributed by atoms with Crippen LogP contribution in [0.4, 0.5) is 0 Å². The Morgan fingerprint density at radius 3 is 2.45 bits per heavy atom. The van der Waals surface area contributed by atoms with Crippen molar-refractivity contribution in [3.05, 3.63) is 64.7 Å². The monoisotopic (exact) mass is 266 g/mol. The molecule has 2 aromatic rings. The van der Waals surface area contributed by atoms with Gasteiger partial charge in [-0.15, -0.1) is 0 Å². The molecule has 2 aromatic carbocycles. The second-order valence-corrected chi connectivity index (χ2v) is 5.50. The van der Waals surface area contributed by atoms with Crippen molar-refractivity contribution in [2.45, 2.75) is 25.7 Å². The van der Waals surface area contributed by atoms with Crippen LogP contribution >= 0.6 is 0 Å². The number of hydrogen-bond acceptors (Lipinski definition) is 3. The number of rotatable bonds is 1. The number of hydrogen-bond donors (Lipinski definition) is 0. The van der Waals surface area contributed by atoms with Crippen LogP contribution < -0.4 is 4.74 Å². The van der Waals surface area contributed by atoms with Gasteiger partial charge in [0, 0.05) is 5.56 Å². The molecule has 3 heteroatoms. The summed E-state index contributed by atoms with van der Waals surface area (Å²) in [7, 11) is 0. The van der Waals surface area contributed by atoms with Crippen LogP contribution in [0.3, 0.4) is 0 Å². The molecule has 0 amide bonds. The molecule has 0 N–H and O–H groups in total. The van der Waals surface area contributed by atoms with Gasteiger partial charge in [-0.25, -0.2) is 0 Å². The maximum Gasteiger partial charge on any atom is 0.272 e. The van der Waals surface area contributed by atoms with Crippen molar-refractivity contribution < 1.29 is 14.3 Å². The van der Waals surface area contributed by atoms with E-state index in [2.05, 4.69) is 0 Å². The minimum Gasteiger partial charge on any atom is -0.454 e. The Labute approximate surface area is 117 Å². The third kappa shape index (κ3) is 1.47. The van der Waals surface area contributed by atoms with Gasteiger partial charge in [0.1, 0.15) is 5.75 Å². The van der Waals surface area contributed by atoms with E-state index in [9.17, 15) is 4.79 Å². The molecule has 3 nitrogen and oxygen atoms in total. The molecule has 2 aliphatic rings. The van der Waals surface area contributed by atoms with E-state index in [1.807, 2.05) is 56.3 Å². The standard InChI is InChI=1S/C17H14O3/c1-10-3-6-12(7-4-10)17-16(20-17)15(18)13-9-11(2)5-8-14(13)19-17/h3-9,16H,1-2H3. The molecule has 0 spiro atoms. The molecule has 0 aromatic heterocycles. The molecule has 0 bridgehead atoms. The normalized spacial score (nSPS) is 26.5. The summed E-state index contributed by atoms with van der Waals surface area (Å²) in [6, 6.07) is 13.6. The van der Waals surface area contributed by atoms with E-state index in [1.165, 1.54) is 5.56 Å². The lowest BCUT2D eigenvalue weighted by molar-refractivity contribution is 0.0571. The van der Waals surface area contributed by atoms with Gasteiger partial charge < -0.3 is 9.47 Å². The number of fused-ring (bicyclic) bond motifs is 2. The lowest BCUT2D eigenvalue weighted by Crippen LogP contribution is -2.30. The molecule has 4 rings (SSSR count). The Bertz CT molecular complexity index is 718. The van der Waals surface area contributed by atoms with Gasteiger partial charge in [-0.05, 0) is 26.0 Å². The molecule has 2 unspecified atom stereocenters. The minimum atomic E-state index is -0.910. The first-order chi connectivity index (χ1) is 9.60. The lowest BCUT2D eigenvalue weighted by atomic mass is 9.95. The zero-order valence-electron chi connectivity index (χ0n) is 11.3. The van der Waals surface area contributed by atoms with Gasteiger partial charge in [0.25, 0.3) is 5.79 Å². The van der Waals surface area contributed by atoms with Crippen LogP contribution in [0, 0.1) is 13.8 Å². The summed E-state index contributed by atoms with van der Waals surface area (Å²) >= 11 is 0. The van der Waals surface area contributed by atoms with Crippen molar-refractivity contribution in [3.8, 4) is 5.75 Å². The van der Waals surface area contributed by atoms with E-state index in [4.69, 9.17) is 9.47 Å². The average Bonchev–Trinajstić information content (AvgIpc) is 3.17. The van der Waals surface area contributed by atoms with Crippen LogP contribution in [-0.4, -0.2) is 11.9 Å². The van der Waals surface area contributed by atoms with Crippen LogP contribution in [0.25, 0.3) is 0 Å². The number of benzene rings is 2. The van der Waals surface area contributed by atoms with Crippen LogP contribution in [-0.2, 0) is 10.5 Å². The molecule has 0 radical (unpaired) electrons. The zero-order valence-corrected chi connectivity index (χ0v) is 11.3. The Morgan fingerprint density at radius 2 is 1.70 bits per heavy atom. The number of ketones is 1. The predicted molar refractivity (Wildman–Crippen MR) is 73.9 cm³/mol. The number of Topliss-reactive ketones (excluding diaryl/α,β-unsaturated/α-hetero) is 1. The molecule has 1 fully saturated rings. The van der Waals surface area contributed by atoms with Gasteiger partial charge in [0.05, 0.1) is 5.56 Å². The predicted octanol–water partition coefficient (Wildman–Crippen LogP) is 3.13. The first kappa shape index (κ1) is 11.7. The molecule has 0 aliphatic carbocycles. The molecular weight excluding hydrogens is 252 g/mol. The fraction of sp³-hybridized carbons (Fsp3) is 0.235. The van der Waals surface area contributed by atoms with Gasteiger partial charge in [-0.1, -0.05) is 41.5 Å². The molecular formula is C17H14O3. The van der Waals surface area contributed by atoms with Crippen molar-refractivity contribution >= 4 is 5.78 Å². The summed E-state index contributed by atoms with van der Waals surface area (Å²) in [5.74, 6) is -0.294. The minimum absolute atomic E-state index is 0.00975. The van der Waals surface area contributed by atoms with Gasteiger partial charge in [0.2, 0.25) is 5.78 Å². The first-order valence-corrected chi connectivity index (χ1v) is 6.69. The summed E-state index contributed by atoms with van der Waals surface area (Å²) in [6.07, 6.45) is -0.514. The fourth-order valence-electron chi connectivity index (χ4n) is 2.74. The van der Waals surface area contributed by atoms with Gasteiger partial charge >= 0.3 is 0 Å². The second-order valence-electron chi connectivity index (χ2n) is 5.50. The molecule has 100 valence electrons. The number of carbonyl (C=O) groups is 1. The number of aryl methyl sites for hydroxylation is 2. The highest BCUT2D eigenvalue weighted by Gasteiger charge is 2.67. The third-order valence-corrected chi connectivity index (χ3v) is 3.94. The van der Waals surface area contributed by atoms with Crippen molar-refractivity contribution in [2.24, 2.45) is 0 Å². The van der Waals surface area contributed by atoms with Crippen molar-refractivity contribution in [3.63, 3.8) is 0 Å². The zero-order chi connectivity index (χ0) is 13.9. The summed E-state index contributed by atoms with van der Waals surface area (Å²) in [5.41, 5.74) is 3.73. The lowest BCUT2D eigenvalue weighted by Gasteiger charge is -2.22. The van der Waals surface area contributed by atoms with Crippen LogP contribution in [0.5, 0.6) is 5.75 Å². The third-order valence-electron chi connectivity index (χ3n) is 3.94. The first-order valence-electron chi connectivity index (χ1n) is 6.69. The fourth-order valence-corrected chi connectivity index (χ4v) is 2.74. The molecule has 20 heavy (non-hydrogen) atoms. The number of epoxide rings is 1. The van der Waals surface area contributed by atoms with E-state index in [1.54, 1.807) is 0 Å². The van der Waals surface area contributed by atoms with Gasteiger partial charge in [-0.2, -0.15) is 0 Å². The van der Waals surface area contributed by atoms with Crippen molar-refractivity contribution in [1.29, 1.82) is 0 Å². The van der Waals surface area contributed by atoms with E-state index in [-0.39, 0.29) is 5.78 Å². The summed E-state index contributed by atoms with van der Waals surface area (Å²) in [5, 5.41) is 0. The molecule has 2 atom stereocenters. The van der Waals surface area contributed by atoms with E-state index in [0.717, 1.165) is 11.1 Å². The maximum absolute atomic E-state index is 12.5. The van der Waals surface area contributed by atoms with E-state index in [0.29, 0.717) is 11.3 Å². The Kier molecular flexibility index (Phi) is 2.16. The highest BCUT2D eigenvalue weighted by Crippen LogP contribution is 2.53. The largest absolute Gasteiger partial charge is 0.454 e. The molecule has 2 aliphatic heterocycles. The smallest absolute Gasteiger partial charge is 0.272 e. The summed E-state index contributed by atoms with van der Waals surface area (Å²) in [6.45, 7) is 3.99. The van der Waals surface area contributed by atoms with Crippen LogP contribution in [0.2, 0.25) is 0 Å². The highest BCUT2D eigenvalue weighted by atomic mass is 16.8. The maximum atomic E-state index is 12.5. The van der Waals surface area contributed by atoms with E-state index >= 15 is 0 Å². The average molecular weight is 266 g/mol. The Morgan fingerprint density at radius 1 is 1.00 bits per heavy atom. The number of ether oxygens (including phenoxy) is 2. The molecule has 0 saturated carbocycles.